The second-order valence-corrected chi connectivity index (χ2v) is 6.15. The first-order valence-electron chi connectivity index (χ1n) is 5.88. The van der Waals surface area contributed by atoms with Crippen LogP contribution in [-0.2, 0) is 4.79 Å². The monoisotopic (exact) mass is 311 g/mol. The Labute approximate surface area is 116 Å². The van der Waals surface area contributed by atoms with Gasteiger partial charge in [-0.05, 0) is 32.9 Å². The van der Waals surface area contributed by atoms with Crippen molar-refractivity contribution < 1.29 is 9.59 Å². The standard InChI is InChI=1S/C14H18BrNO2/c1-14(2,3)16-13(18)8-7-12(17)10-5-4-6-11(15)9-10/h4-6,9H,7-8H2,1-3H3,(H,16,18). The van der Waals surface area contributed by atoms with Crippen molar-refractivity contribution in [1.29, 1.82) is 0 Å². The maximum atomic E-state index is 11.9. The molecule has 0 radical (unpaired) electrons. The summed E-state index contributed by atoms with van der Waals surface area (Å²) in [7, 11) is 0. The molecule has 0 aliphatic heterocycles. The zero-order valence-electron chi connectivity index (χ0n) is 10.9. The van der Waals surface area contributed by atoms with Crippen LogP contribution >= 0.6 is 15.9 Å². The van der Waals surface area contributed by atoms with Crippen molar-refractivity contribution in [1.82, 2.24) is 5.32 Å². The van der Waals surface area contributed by atoms with Crippen LogP contribution in [0.1, 0.15) is 44.0 Å². The van der Waals surface area contributed by atoms with Crippen molar-refractivity contribution in [3.63, 3.8) is 0 Å². The van der Waals surface area contributed by atoms with Gasteiger partial charge in [0.05, 0.1) is 0 Å². The van der Waals surface area contributed by atoms with Crippen LogP contribution in [0.25, 0.3) is 0 Å². The third kappa shape index (κ3) is 5.45. The molecule has 1 aromatic rings. The van der Waals surface area contributed by atoms with Crippen molar-refractivity contribution in [2.24, 2.45) is 0 Å². The van der Waals surface area contributed by atoms with E-state index in [0.29, 0.717) is 5.56 Å². The predicted molar refractivity (Wildman–Crippen MR) is 75.6 cm³/mol. The summed E-state index contributed by atoms with van der Waals surface area (Å²) in [4.78, 5) is 23.5. The van der Waals surface area contributed by atoms with Gasteiger partial charge in [0.1, 0.15) is 0 Å². The zero-order valence-corrected chi connectivity index (χ0v) is 12.5. The number of carbonyl (C=O) groups excluding carboxylic acids is 2. The first-order valence-corrected chi connectivity index (χ1v) is 6.67. The lowest BCUT2D eigenvalue weighted by Gasteiger charge is -2.20. The highest BCUT2D eigenvalue weighted by molar-refractivity contribution is 9.10. The minimum atomic E-state index is -0.254. The normalized spacial score (nSPS) is 11.1. The lowest BCUT2D eigenvalue weighted by atomic mass is 10.1. The lowest BCUT2D eigenvalue weighted by molar-refractivity contribution is -0.122. The van der Waals surface area contributed by atoms with E-state index in [0.717, 1.165) is 4.47 Å². The smallest absolute Gasteiger partial charge is 0.220 e. The Balaban J connectivity index is 2.49. The van der Waals surface area contributed by atoms with E-state index in [9.17, 15) is 9.59 Å². The predicted octanol–water partition coefficient (Wildman–Crippen LogP) is 3.33. The number of Topliss-reactive ketones (excluding diaryl/α,β-unsaturated/α-hetero) is 1. The van der Waals surface area contributed by atoms with E-state index in [-0.39, 0.29) is 30.1 Å². The van der Waals surface area contributed by atoms with Gasteiger partial charge in [-0.1, -0.05) is 28.1 Å². The molecule has 0 saturated carbocycles. The highest BCUT2D eigenvalue weighted by Gasteiger charge is 2.15. The average Bonchev–Trinajstić information content (AvgIpc) is 2.23. The van der Waals surface area contributed by atoms with Crippen molar-refractivity contribution in [2.45, 2.75) is 39.2 Å². The Kier molecular flexibility index (Phi) is 5.08. The first-order chi connectivity index (χ1) is 8.28. The summed E-state index contributed by atoms with van der Waals surface area (Å²) in [6.45, 7) is 5.75. The van der Waals surface area contributed by atoms with Gasteiger partial charge in [-0.25, -0.2) is 0 Å². The number of hydrogen-bond acceptors (Lipinski definition) is 2. The number of nitrogens with one attached hydrogen (secondary N) is 1. The summed E-state index contributed by atoms with van der Waals surface area (Å²) in [5, 5.41) is 2.84. The molecule has 0 fully saturated rings. The maximum absolute atomic E-state index is 11.9. The summed E-state index contributed by atoms with van der Waals surface area (Å²) >= 11 is 3.32. The number of ketones is 1. The number of rotatable bonds is 4. The Bertz CT molecular complexity index is 449. The van der Waals surface area contributed by atoms with Crippen molar-refractivity contribution in [3.8, 4) is 0 Å². The second-order valence-electron chi connectivity index (χ2n) is 5.23. The largest absolute Gasteiger partial charge is 0.351 e. The molecule has 1 amide bonds. The summed E-state index contributed by atoms with van der Waals surface area (Å²) in [5.74, 6) is -0.105. The van der Waals surface area contributed by atoms with Gasteiger partial charge >= 0.3 is 0 Å². The number of benzene rings is 1. The van der Waals surface area contributed by atoms with E-state index < -0.39 is 0 Å². The van der Waals surface area contributed by atoms with Gasteiger partial charge in [-0.3, -0.25) is 9.59 Å². The molecule has 0 saturated heterocycles. The topological polar surface area (TPSA) is 46.2 Å². The van der Waals surface area contributed by atoms with Gasteiger partial charge in [0.2, 0.25) is 5.91 Å². The molecular formula is C14H18BrNO2. The molecule has 98 valence electrons. The molecular weight excluding hydrogens is 294 g/mol. The fourth-order valence-electron chi connectivity index (χ4n) is 1.51. The lowest BCUT2D eigenvalue weighted by Crippen LogP contribution is -2.40. The number of halogens is 1. The van der Waals surface area contributed by atoms with E-state index in [1.54, 1.807) is 12.1 Å². The van der Waals surface area contributed by atoms with Crippen molar-refractivity contribution >= 4 is 27.6 Å². The Morgan fingerprint density at radius 1 is 1.22 bits per heavy atom. The Morgan fingerprint density at radius 2 is 1.89 bits per heavy atom. The highest BCUT2D eigenvalue weighted by Crippen LogP contribution is 2.14. The molecule has 0 aromatic heterocycles. The highest BCUT2D eigenvalue weighted by atomic mass is 79.9. The summed E-state index contributed by atoms with van der Waals surface area (Å²) in [6.07, 6.45) is 0.459. The third-order valence-electron chi connectivity index (χ3n) is 2.24. The average molecular weight is 312 g/mol. The van der Waals surface area contributed by atoms with Crippen LogP contribution in [0, 0.1) is 0 Å². The molecule has 0 aliphatic carbocycles. The van der Waals surface area contributed by atoms with Gasteiger partial charge in [-0.15, -0.1) is 0 Å². The summed E-state index contributed by atoms with van der Waals surface area (Å²) in [6, 6.07) is 7.20. The van der Waals surface area contributed by atoms with Crippen LogP contribution < -0.4 is 5.32 Å². The molecule has 3 nitrogen and oxygen atoms in total. The van der Waals surface area contributed by atoms with Crippen LogP contribution in [0.2, 0.25) is 0 Å². The molecule has 4 heteroatoms. The molecule has 1 aromatic carbocycles. The van der Waals surface area contributed by atoms with E-state index in [1.807, 2.05) is 32.9 Å². The number of carbonyl (C=O) groups is 2. The Morgan fingerprint density at radius 3 is 2.44 bits per heavy atom. The minimum Gasteiger partial charge on any atom is -0.351 e. The van der Waals surface area contributed by atoms with Gasteiger partial charge in [-0.2, -0.15) is 0 Å². The first kappa shape index (κ1) is 14.9. The molecule has 0 aliphatic rings. The van der Waals surface area contributed by atoms with Crippen LogP contribution in [0.4, 0.5) is 0 Å². The van der Waals surface area contributed by atoms with Crippen LogP contribution in [0.3, 0.4) is 0 Å². The molecule has 1 rings (SSSR count). The molecule has 0 unspecified atom stereocenters. The number of amides is 1. The summed E-state index contributed by atoms with van der Waals surface area (Å²) in [5.41, 5.74) is 0.378. The molecule has 0 atom stereocenters. The van der Waals surface area contributed by atoms with Gasteiger partial charge < -0.3 is 5.32 Å². The number of hydrogen-bond donors (Lipinski definition) is 1. The van der Waals surface area contributed by atoms with E-state index >= 15 is 0 Å². The fourth-order valence-corrected chi connectivity index (χ4v) is 1.91. The SMILES string of the molecule is CC(C)(C)NC(=O)CCC(=O)c1cccc(Br)c1. The summed E-state index contributed by atoms with van der Waals surface area (Å²) < 4.78 is 0.868. The van der Waals surface area contributed by atoms with E-state index in [1.165, 1.54) is 0 Å². The zero-order chi connectivity index (χ0) is 13.8. The molecule has 1 N–H and O–H groups in total. The minimum absolute atomic E-state index is 0.0136. The molecule has 0 spiro atoms. The second kappa shape index (κ2) is 6.14. The quantitative estimate of drug-likeness (QED) is 0.867. The van der Waals surface area contributed by atoms with Gasteiger partial charge in [0.15, 0.2) is 5.78 Å². The van der Waals surface area contributed by atoms with E-state index in [4.69, 9.17) is 0 Å². The third-order valence-corrected chi connectivity index (χ3v) is 2.73. The maximum Gasteiger partial charge on any atom is 0.220 e. The fraction of sp³-hybridized carbons (Fsp3) is 0.429. The van der Waals surface area contributed by atoms with E-state index in [2.05, 4.69) is 21.2 Å². The molecule has 0 bridgehead atoms. The Hall–Kier alpha value is -1.16. The van der Waals surface area contributed by atoms with Crippen LogP contribution in [-0.4, -0.2) is 17.2 Å². The van der Waals surface area contributed by atoms with Crippen LogP contribution in [0.5, 0.6) is 0 Å². The van der Waals surface area contributed by atoms with Crippen molar-refractivity contribution in [2.75, 3.05) is 0 Å². The molecule has 0 heterocycles. The van der Waals surface area contributed by atoms with Crippen molar-refractivity contribution in [3.05, 3.63) is 34.3 Å². The van der Waals surface area contributed by atoms with Gasteiger partial charge in [0.25, 0.3) is 0 Å². The van der Waals surface area contributed by atoms with Gasteiger partial charge in [0, 0.05) is 28.4 Å². The molecule has 18 heavy (non-hydrogen) atoms. The van der Waals surface area contributed by atoms with Crippen LogP contribution in [0.15, 0.2) is 28.7 Å².